The Labute approximate surface area is 314 Å². The minimum absolute atomic E-state index is 0.104. The van der Waals surface area contributed by atoms with E-state index in [-0.39, 0.29) is 34.8 Å². The van der Waals surface area contributed by atoms with Gasteiger partial charge in [-0.3, -0.25) is 14.4 Å². The lowest BCUT2D eigenvalue weighted by Crippen LogP contribution is -2.50. The number of benzene rings is 6. The summed E-state index contributed by atoms with van der Waals surface area (Å²) in [5, 5.41) is 13.3. The Morgan fingerprint density at radius 3 is 1.58 bits per heavy atom. The number of nitrogens with zero attached hydrogens (tertiary/aromatic N) is 7. The van der Waals surface area contributed by atoms with Crippen molar-refractivity contribution in [3.63, 3.8) is 0 Å². The van der Waals surface area contributed by atoms with Gasteiger partial charge in [0.05, 0.1) is 29.1 Å². The van der Waals surface area contributed by atoms with Crippen LogP contribution in [0, 0.1) is 5.82 Å². The molecule has 2 aliphatic heterocycles. The fraction of sp³-hybridized carbons (Fsp3) is 0.0682. The Balaban J connectivity index is 1.26. The Hall–Kier alpha value is -7.40. The number of amides is 3. The third-order valence-electron chi connectivity index (χ3n) is 10.1. The van der Waals surface area contributed by atoms with E-state index in [2.05, 4.69) is 15.5 Å². The third kappa shape index (κ3) is 5.35. The molecule has 55 heavy (non-hydrogen) atoms. The second-order valence-corrected chi connectivity index (χ2v) is 13.1. The summed E-state index contributed by atoms with van der Waals surface area (Å²) in [7, 11) is 0. The Morgan fingerprint density at radius 2 is 1.04 bits per heavy atom. The monoisotopic (exact) mass is 723 g/mol. The standard InChI is InChI=1S/C44H30FN7O3/c45-36-26-14-12-24-34(36)39-35-25-13-15-27-37(35)50(43(55)40(46-39)51-41(53)32-22-10-11-23-33(32)42(51)54)28-38-47-48-49-52(38)44(29-16-4-1-5-17-29,30-18-6-2-7-19-30)31-20-8-3-9-21-31/h1-27,40H,28H2. The molecule has 0 spiro atoms. The second kappa shape index (κ2) is 13.5. The fourth-order valence-electron chi connectivity index (χ4n) is 7.65. The first kappa shape index (κ1) is 33.4. The highest BCUT2D eigenvalue weighted by molar-refractivity contribution is 6.25. The number of anilines is 1. The van der Waals surface area contributed by atoms with Crippen LogP contribution >= 0.6 is 0 Å². The van der Waals surface area contributed by atoms with E-state index in [0.29, 0.717) is 11.3 Å². The summed E-state index contributed by atoms with van der Waals surface area (Å²) in [5.74, 6) is -2.35. The molecule has 0 aliphatic carbocycles. The summed E-state index contributed by atoms with van der Waals surface area (Å²) in [6, 6.07) is 48.9. The van der Waals surface area contributed by atoms with Gasteiger partial charge in [0, 0.05) is 11.1 Å². The Bertz CT molecular complexity index is 2500. The van der Waals surface area contributed by atoms with Crippen molar-refractivity contribution in [2.24, 2.45) is 4.99 Å². The highest BCUT2D eigenvalue weighted by Gasteiger charge is 2.47. The molecule has 0 fully saturated rings. The number of hydrogen-bond donors (Lipinski definition) is 0. The zero-order valence-corrected chi connectivity index (χ0v) is 29.1. The smallest absolute Gasteiger partial charge is 0.273 e. The molecule has 3 heterocycles. The number of halogens is 1. The van der Waals surface area contributed by atoms with Crippen LogP contribution in [0.2, 0.25) is 0 Å². The quantitative estimate of drug-likeness (QED) is 0.128. The van der Waals surface area contributed by atoms with Crippen LogP contribution in [-0.4, -0.2) is 54.7 Å². The molecule has 6 aromatic carbocycles. The molecule has 0 bridgehead atoms. The molecular formula is C44H30FN7O3. The van der Waals surface area contributed by atoms with E-state index in [1.165, 1.54) is 23.1 Å². The lowest BCUT2D eigenvalue weighted by molar-refractivity contribution is -0.122. The van der Waals surface area contributed by atoms with Crippen LogP contribution in [0.25, 0.3) is 0 Å². The zero-order chi connectivity index (χ0) is 37.5. The number of carbonyl (C=O) groups is 3. The van der Waals surface area contributed by atoms with Gasteiger partial charge in [-0.15, -0.1) is 5.10 Å². The number of fused-ring (bicyclic) bond motifs is 2. The van der Waals surface area contributed by atoms with Gasteiger partial charge < -0.3 is 4.90 Å². The van der Waals surface area contributed by atoms with Crippen molar-refractivity contribution < 1.29 is 18.8 Å². The van der Waals surface area contributed by atoms with Gasteiger partial charge in [0.1, 0.15) is 11.4 Å². The van der Waals surface area contributed by atoms with E-state index >= 15 is 9.18 Å². The molecule has 9 rings (SSSR count). The number of imide groups is 1. The minimum atomic E-state index is -1.69. The van der Waals surface area contributed by atoms with Gasteiger partial charge in [-0.05, 0) is 57.4 Å². The van der Waals surface area contributed by atoms with E-state index in [1.54, 1.807) is 59.3 Å². The van der Waals surface area contributed by atoms with Crippen LogP contribution in [0.4, 0.5) is 10.1 Å². The minimum Gasteiger partial charge on any atom is -0.301 e. The maximum Gasteiger partial charge on any atom is 0.273 e. The highest BCUT2D eigenvalue weighted by Crippen LogP contribution is 2.41. The predicted octanol–water partition coefficient (Wildman–Crippen LogP) is 6.66. The number of hydrogen-bond acceptors (Lipinski definition) is 7. The van der Waals surface area contributed by atoms with Crippen molar-refractivity contribution in [3.05, 3.63) is 214 Å². The Kier molecular flexibility index (Phi) is 8.23. The summed E-state index contributed by atoms with van der Waals surface area (Å²) < 4.78 is 17.4. The van der Waals surface area contributed by atoms with Gasteiger partial charge in [-0.2, -0.15) is 0 Å². The van der Waals surface area contributed by atoms with Gasteiger partial charge in [0.15, 0.2) is 5.82 Å². The van der Waals surface area contributed by atoms with Crippen molar-refractivity contribution in [1.82, 2.24) is 25.1 Å². The molecule has 0 N–H and O–H groups in total. The van der Waals surface area contributed by atoms with Crippen LogP contribution in [0.15, 0.2) is 169 Å². The first-order valence-corrected chi connectivity index (χ1v) is 17.6. The van der Waals surface area contributed by atoms with Crippen molar-refractivity contribution in [2.45, 2.75) is 18.2 Å². The van der Waals surface area contributed by atoms with Crippen LogP contribution in [0.5, 0.6) is 0 Å². The molecule has 0 radical (unpaired) electrons. The molecule has 2 aliphatic rings. The van der Waals surface area contributed by atoms with E-state index in [9.17, 15) is 9.59 Å². The molecule has 10 nitrogen and oxygen atoms in total. The zero-order valence-electron chi connectivity index (χ0n) is 29.1. The average Bonchev–Trinajstić information content (AvgIpc) is 3.77. The third-order valence-corrected chi connectivity index (χ3v) is 10.1. The summed E-state index contributed by atoms with van der Waals surface area (Å²) >= 11 is 0. The SMILES string of the molecule is O=C1C(N2C(=O)c3ccccc3C2=O)N=C(c2ccccc2F)c2ccccc2N1Cc1nnnn1C(c1ccccc1)(c1ccccc1)c1ccccc1. The number of aromatic nitrogens is 4. The molecule has 1 aromatic heterocycles. The van der Waals surface area contributed by atoms with Crippen LogP contribution < -0.4 is 4.90 Å². The molecule has 3 amide bonds. The van der Waals surface area contributed by atoms with Crippen molar-refractivity contribution in [3.8, 4) is 0 Å². The van der Waals surface area contributed by atoms with Gasteiger partial charge in [-0.25, -0.2) is 19.0 Å². The van der Waals surface area contributed by atoms with Crippen molar-refractivity contribution in [1.29, 1.82) is 0 Å². The summed E-state index contributed by atoms with van der Waals surface area (Å²) in [6.07, 6.45) is -1.69. The molecule has 1 atom stereocenters. The Morgan fingerprint density at radius 1 is 0.564 bits per heavy atom. The largest absolute Gasteiger partial charge is 0.301 e. The van der Waals surface area contributed by atoms with E-state index in [4.69, 9.17) is 4.99 Å². The molecule has 0 saturated carbocycles. The van der Waals surface area contributed by atoms with E-state index < -0.39 is 35.2 Å². The topological polar surface area (TPSA) is 114 Å². The molecule has 266 valence electrons. The molecule has 7 aromatic rings. The normalized spacial score (nSPS) is 15.4. The number of tetrazole rings is 1. The van der Waals surface area contributed by atoms with E-state index in [0.717, 1.165) is 21.6 Å². The lowest BCUT2D eigenvalue weighted by Gasteiger charge is -2.37. The highest BCUT2D eigenvalue weighted by atomic mass is 19.1. The van der Waals surface area contributed by atoms with Gasteiger partial charge >= 0.3 is 0 Å². The maximum absolute atomic E-state index is 15.7. The van der Waals surface area contributed by atoms with Crippen LogP contribution in [-0.2, 0) is 16.9 Å². The van der Waals surface area contributed by atoms with Gasteiger partial charge in [0.2, 0.25) is 6.17 Å². The maximum atomic E-state index is 15.7. The number of rotatable bonds is 8. The number of aliphatic imine (C=N–C) groups is 1. The van der Waals surface area contributed by atoms with Crippen LogP contribution in [0.1, 0.15) is 54.4 Å². The van der Waals surface area contributed by atoms with Crippen molar-refractivity contribution in [2.75, 3.05) is 4.90 Å². The summed E-state index contributed by atoms with van der Waals surface area (Å²) in [6.45, 7) is -0.211. The molecule has 0 saturated heterocycles. The summed E-state index contributed by atoms with van der Waals surface area (Å²) in [5.41, 5.74) is 2.76. The summed E-state index contributed by atoms with van der Waals surface area (Å²) in [4.78, 5) is 50.2. The van der Waals surface area contributed by atoms with Gasteiger partial charge in [0.25, 0.3) is 17.7 Å². The first-order chi connectivity index (χ1) is 27.0. The van der Waals surface area contributed by atoms with Gasteiger partial charge in [-0.1, -0.05) is 133 Å². The van der Waals surface area contributed by atoms with Crippen molar-refractivity contribution >= 4 is 29.1 Å². The fourth-order valence-corrected chi connectivity index (χ4v) is 7.65. The van der Waals surface area contributed by atoms with Crippen LogP contribution in [0.3, 0.4) is 0 Å². The number of para-hydroxylation sites is 1. The number of benzodiazepines with no additional fused rings is 1. The lowest BCUT2D eigenvalue weighted by atomic mass is 9.77. The molecular weight excluding hydrogens is 694 g/mol. The second-order valence-electron chi connectivity index (χ2n) is 13.1. The first-order valence-electron chi connectivity index (χ1n) is 17.6. The molecule has 1 unspecified atom stereocenters. The average molecular weight is 724 g/mol. The van der Waals surface area contributed by atoms with E-state index in [1.807, 2.05) is 91.0 Å². The predicted molar refractivity (Wildman–Crippen MR) is 203 cm³/mol. The molecule has 11 heteroatoms. The number of carbonyl (C=O) groups excluding carboxylic acids is 3.